The number of fused-ring (bicyclic) bond motifs is 1. The molecule has 3 rings (SSSR count). The summed E-state index contributed by atoms with van der Waals surface area (Å²) in [6.45, 7) is 4.48. The number of carbonyl (C=O) groups excluding carboxylic acids is 1. The Hall–Kier alpha value is -2.23. The minimum atomic E-state index is -0.135. The number of furan rings is 1. The summed E-state index contributed by atoms with van der Waals surface area (Å²) in [4.78, 5) is 12.4. The Balaban J connectivity index is 1.72. The Morgan fingerprint density at radius 2 is 2.15 bits per heavy atom. The molecule has 0 radical (unpaired) electrons. The van der Waals surface area contributed by atoms with Crippen molar-refractivity contribution in [2.45, 2.75) is 25.8 Å². The predicted octanol–water partition coefficient (Wildman–Crippen LogP) is 2.97. The van der Waals surface area contributed by atoms with Gasteiger partial charge in [-0.1, -0.05) is 18.2 Å². The average Bonchev–Trinajstić information content (AvgIpc) is 3.04. The van der Waals surface area contributed by atoms with Gasteiger partial charge in [0.1, 0.15) is 11.5 Å². The standard InChI is InChI=1S/C16H18N2O2/c1-10-7-8-15(20-10)11(2)18-16(19)13-9-17-14-6-4-3-5-12(13)14/h3-8,11,13,17H,9H2,1-2H3,(H,18,19). The number of amides is 1. The van der Waals surface area contributed by atoms with E-state index >= 15 is 0 Å². The number of para-hydroxylation sites is 1. The number of benzene rings is 1. The van der Waals surface area contributed by atoms with E-state index in [1.54, 1.807) is 0 Å². The van der Waals surface area contributed by atoms with Crippen LogP contribution in [0, 0.1) is 6.92 Å². The Bertz CT molecular complexity index is 633. The van der Waals surface area contributed by atoms with E-state index in [1.165, 1.54) is 0 Å². The van der Waals surface area contributed by atoms with Crippen LogP contribution in [0.3, 0.4) is 0 Å². The zero-order valence-electron chi connectivity index (χ0n) is 11.6. The summed E-state index contributed by atoms with van der Waals surface area (Å²) >= 11 is 0. The molecule has 2 aromatic rings. The van der Waals surface area contributed by atoms with Gasteiger partial charge < -0.3 is 15.1 Å². The monoisotopic (exact) mass is 270 g/mol. The van der Waals surface area contributed by atoms with E-state index in [2.05, 4.69) is 10.6 Å². The molecule has 104 valence electrons. The van der Waals surface area contributed by atoms with Crippen molar-refractivity contribution in [1.82, 2.24) is 5.32 Å². The van der Waals surface area contributed by atoms with Gasteiger partial charge >= 0.3 is 0 Å². The van der Waals surface area contributed by atoms with E-state index in [1.807, 2.05) is 50.2 Å². The molecule has 1 aromatic heterocycles. The zero-order valence-corrected chi connectivity index (χ0v) is 11.6. The molecule has 2 N–H and O–H groups in total. The predicted molar refractivity (Wildman–Crippen MR) is 77.7 cm³/mol. The highest BCUT2D eigenvalue weighted by atomic mass is 16.3. The molecule has 1 aliphatic heterocycles. The average molecular weight is 270 g/mol. The van der Waals surface area contributed by atoms with Gasteiger partial charge in [0.25, 0.3) is 0 Å². The Labute approximate surface area is 118 Å². The van der Waals surface area contributed by atoms with E-state index in [4.69, 9.17) is 4.42 Å². The molecule has 1 aromatic carbocycles. The van der Waals surface area contributed by atoms with Crippen molar-refractivity contribution < 1.29 is 9.21 Å². The maximum atomic E-state index is 12.4. The first-order chi connectivity index (χ1) is 9.65. The molecular weight excluding hydrogens is 252 g/mol. The Morgan fingerprint density at radius 1 is 1.35 bits per heavy atom. The molecule has 0 bridgehead atoms. The fourth-order valence-corrected chi connectivity index (χ4v) is 2.59. The maximum Gasteiger partial charge on any atom is 0.229 e. The second kappa shape index (κ2) is 5.04. The number of hydrogen-bond acceptors (Lipinski definition) is 3. The van der Waals surface area contributed by atoms with E-state index in [0.29, 0.717) is 6.54 Å². The summed E-state index contributed by atoms with van der Waals surface area (Å²) < 4.78 is 5.55. The number of hydrogen-bond donors (Lipinski definition) is 2. The lowest BCUT2D eigenvalue weighted by Crippen LogP contribution is -2.32. The lowest BCUT2D eigenvalue weighted by atomic mass is 10.00. The van der Waals surface area contributed by atoms with Crippen LogP contribution in [0.25, 0.3) is 0 Å². The van der Waals surface area contributed by atoms with Crippen molar-refractivity contribution in [1.29, 1.82) is 0 Å². The molecule has 0 aliphatic carbocycles. The lowest BCUT2D eigenvalue weighted by Gasteiger charge is -2.15. The molecule has 20 heavy (non-hydrogen) atoms. The molecule has 1 amide bonds. The topological polar surface area (TPSA) is 54.3 Å². The van der Waals surface area contributed by atoms with Gasteiger partial charge in [0.15, 0.2) is 0 Å². The molecule has 0 spiro atoms. The van der Waals surface area contributed by atoms with Gasteiger partial charge in [-0.25, -0.2) is 0 Å². The van der Waals surface area contributed by atoms with Gasteiger partial charge in [-0.15, -0.1) is 0 Å². The van der Waals surface area contributed by atoms with Crippen molar-refractivity contribution >= 4 is 11.6 Å². The first kappa shape index (κ1) is 12.8. The van der Waals surface area contributed by atoms with E-state index in [0.717, 1.165) is 22.8 Å². The van der Waals surface area contributed by atoms with E-state index in [-0.39, 0.29) is 17.9 Å². The smallest absolute Gasteiger partial charge is 0.229 e. The van der Waals surface area contributed by atoms with Gasteiger partial charge in [0, 0.05) is 12.2 Å². The van der Waals surface area contributed by atoms with Crippen LogP contribution in [-0.2, 0) is 4.79 Å². The summed E-state index contributed by atoms with van der Waals surface area (Å²) in [7, 11) is 0. The number of rotatable bonds is 3. The van der Waals surface area contributed by atoms with Crippen LogP contribution in [0.5, 0.6) is 0 Å². The van der Waals surface area contributed by atoms with Crippen molar-refractivity contribution in [3.63, 3.8) is 0 Å². The summed E-state index contributed by atoms with van der Waals surface area (Å²) in [5.41, 5.74) is 2.11. The van der Waals surface area contributed by atoms with Crippen molar-refractivity contribution in [2.75, 3.05) is 11.9 Å². The summed E-state index contributed by atoms with van der Waals surface area (Å²) in [6, 6.07) is 11.6. The molecule has 2 heterocycles. The second-order valence-corrected chi connectivity index (χ2v) is 5.20. The maximum absolute atomic E-state index is 12.4. The minimum Gasteiger partial charge on any atom is -0.464 e. The quantitative estimate of drug-likeness (QED) is 0.901. The normalized spacial score (nSPS) is 18.2. The van der Waals surface area contributed by atoms with Crippen molar-refractivity contribution in [3.8, 4) is 0 Å². The van der Waals surface area contributed by atoms with Crippen LogP contribution >= 0.6 is 0 Å². The minimum absolute atomic E-state index is 0.0315. The first-order valence-electron chi connectivity index (χ1n) is 6.84. The molecule has 0 saturated carbocycles. The lowest BCUT2D eigenvalue weighted by molar-refractivity contribution is -0.122. The molecule has 2 unspecified atom stereocenters. The number of carbonyl (C=O) groups is 1. The van der Waals surface area contributed by atoms with Crippen LogP contribution in [0.1, 0.15) is 36.0 Å². The van der Waals surface area contributed by atoms with Crippen LogP contribution in [0.4, 0.5) is 5.69 Å². The van der Waals surface area contributed by atoms with Gasteiger partial charge in [-0.2, -0.15) is 0 Å². The highest BCUT2D eigenvalue weighted by Gasteiger charge is 2.29. The zero-order chi connectivity index (χ0) is 14.1. The molecule has 2 atom stereocenters. The molecule has 4 nitrogen and oxygen atoms in total. The second-order valence-electron chi connectivity index (χ2n) is 5.20. The Kier molecular flexibility index (Phi) is 3.22. The fraction of sp³-hybridized carbons (Fsp3) is 0.312. The highest BCUT2D eigenvalue weighted by molar-refractivity contribution is 5.88. The van der Waals surface area contributed by atoms with Gasteiger partial charge in [-0.3, -0.25) is 4.79 Å². The summed E-state index contributed by atoms with van der Waals surface area (Å²) in [6.07, 6.45) is 0. The van der Waals surface area contributed by atoms with Crippen LogP contribution in [0.2, 0.25) is 0 Å². The Morgan fingerprint density at radius 3 is 2.90 bits per heavy atom. The third-order valence-electron chi connectivity index (χ3n) is 3.70. The SMILES string of the molecule is Cc1ccc(C(C)NC(=O)C2CNc3ccccc32)o1. The molecule has 0 saturated heterocycles. The van der Waals surface area contributed by atoms with E-state index in [9.17, 15) is 4.79 Å². The third-order valence-corrected chi connectivity index (χ3v) is 3.70. The van der Waals surface area contributed by atoms with Crippen LogP contribution in [0.15, 0.2) is 40.8 Å². The van der Waals surface area contributed by atoms with Gasteiger partial charge in [-0.05, 0) is 37.6 Å². The molecule has 0 fully saturated rings. The van der Waals surface area contributed by atoms with Crippen LogP contribution in [-0.4, -0.2) is 12.5 Å². The number of nitrogens with one attached hydrogen (secondary N) is 2. The fourth-order valence-electron chi connectivity index (χ4n) is 2.59. The first-order valence-corrected chi connectivity index (χ1v) is 6.84. The molecular formula is C16H18N2O2. The van der Waals surface area contributed by atoms with Gasteiger partial charge in [0.05, 0.1) is 12.0 Å². The molecule has 1 aliphatic rings. The van der Waals surface area contributed by atoms with Crippen molar-refractivity contribution in [3.05, 3.63) is 53.5 Å². The largest absolute Gasteiger partial charge is 0.464 e. The molecule has 4 heteroatoms. The number of anilines is 1. The van der Waals surface area contributed by atoms with Gasteiger partial charge in [0.2, 0.25) is 5.91 Å². The highest BCUT2D eigenvalue weighted by Crippen LogP contribution is 2.31. The van der Waals surface area contributed by atoms with Crippen molar-refractivity contribution in [2.24, 2.45) is 0 Å². The van der Waals surface area contributed by atoms with E-state index < -0.39 is 0 Å². The summed E-state index contributed by atoms with van der Waals surface area (Å²) in [5.74, 6) is 1.54. The van der Waals surface area contributed by atoms with Crippen LogP contribution < -0.4 is 10.6 Å². The summed E-state index contributed by atoms with van der Waals surface area (Å²) in [5, 5.41) is 6.28. The third kappa shape index (κ3) is 2.29. The number of aryl methyl sites for hydroxylation is 1.